The molecule has 2 rings (SSSR count). The van der Waals surface area contributed by atoms with Gasteiger partial charge in [-0.2, -0.15) is 0 Å². The summed E-state index contributed by atoms with van der Waals surface area (Å²) in [5, 5.41) is 9.17. The Kier molecular flexibility index (Phi) is 1.08. The molecule has 4 atom stereocenters. The van der Waals surface area contributed by atoms with E-state index < -0.39 is 6.29 Å². The Labute approximate surface area is 54.8 Å². The number of fused-ring (bicyclic) bond motifs is 1. The van der Waals surface area contributed by atoms with Crippen LogP contribution in [0.15, 0.2) is 0 Å². The predicted molar refractivity (Wildman–Crippen MR) is 32.8 cm³/mol. The van der Waals surface area contributed by atoms with Crippen LogP contribution in [-0.2, 0) is 4.74 Å². The first-order chi connectivity index (χ1) is 4.29. The van der Waals surface area contributed by atoms with Crippen molar-refractivity contribution in [2.45, 2.75) is 32.2 Å². The molecule has 1 saturated carbocycles. The van der Waals surface area contributed by atoms with E-state index in [-0.39, 0.29) is 0 Å². The molecule has 0 aromatic heterocycles. The second-order valence-corrected chi connectivity index (χ2v) is 3.14. The van der Waals surface area contributed by atoms with E-state index >= 15 is 0 Å². The van der Waals surface area contributed by atoms with E-state index in [2.05, 4.69) is 0 Å². The molecule has 1 aliphatic carbocycles. The minimum atomic E-state index is -0.446. The van der Waals surface area contributed by atoms with Gasteiger partial charge in [0.1, 0.15) is 0 Å². The Morgan fingerprint density at radius 3 is 2.22 bits per heavy atom. The highest BCUT2D eigenvalue weighted by Crippen LogP contribution is 2.45. The molecule has 2 aliphatic rings. The summed E-state index contributed by atoms with van der Waals surface area (Å²) >= 11 is 0. The molecule has 0 bridgehead atoms. The van der Waals surface area contributed by atoms with Crippen molar-refractivity contribution >= 4 is 0 Å². The van der Waals surface area contributed by atoms with Gasteiger partial charge in [-0.3, -0.25) is 0 Å². The molecule has 2 nitrogen and oxygen atoms in total. The van der Waals surface area contributed by atoms with Crippen molar-refractivity contribution in [1.29, 1.82) is 0 Å². The molecular weight excluding hydrogens is 116 g/mol. The summed E-state index contributed by atoms with van der Waals surface area (Å²) in [5.74, 6) is 1.14. The fourth-order valence-corrected chi connectivity index (χ4v) is 1.91. The topological polar surface area (TPSA) is 29.5 Å². The third kappa shape index (κ3) is 0.634. The molecular formula is C7H12O2. The number of rotatable bonds is 0. The van der Waals surface area contributed by atoms with Crippen LogP contribution < -0.4 is 0 Å². The highest BCUT2D eigenvalue weighted by Gasteiger charge is 2.46. The van der Waals surface area contributed by atoms with E-state index in [1.54, 1.807) is 0 Å². The molecule has 52 valence electrons. The van der Waals surface area contributed by atoms with Crippen molar-refractivity contribution < 1.29 is 9.84 Å². The van der Waals surface area contributed by atoms with Crippen LogP contribution in [0.5, 0.6) is 0 Å². The molecule has 0 aromatic carbocycles. The quantitative estimate of drug-likeness (QED) is 0.521. The summed E-state index contributed by atoms with van der Waals surface area (Å²) in [6.07, 6.45) is 2.27. The van der Waals surface area contributed by atoms with Crippen molar-refractivity contribution in [2.24, 2.45) is 11.8 Å². The Balaban J connectivity index is 2.08. The van der Waals surface area contributed by atoms with Crippen molar-refractivity contribution in [1.82, 2.24) is 0 Å². The third-order valence-corrected chi connectivity index (χ3v) is 2.71. The Hall–Kier alpha value is -0.0800. The fraction of sp³-hybridized carbons (Fsp3) is 1.00. The summed E-state index contributed by atoms with van der Waals surface area (Å²) in [5.41, 5.74) is 0. The monoisotopic (exact) mass is 128 g/mol. The maximum absolute atomic E-state index is 9.17. The molecule has 2 fully saturated rings. The van der Waals surface area contributed by atoms with Crippen molar-refractivity contribution in [3.8, 4) is 0 Å². The number of ether oxygens (including phenoxy) is 1. The van der Waals surface area contributed by atoms with Gasteiger partial charge in [0.2, 0.25) is 0 Å². The van der Waals surface area contributed by atoms with Gasteiger partial charge in [0.05, 0.1) is 6.10 Å². The zero-order chi connectivity index (χ0) is 6.43. The molecule has 2 unspecified atom stereocenters. The zero-order valence-electron chi connectivity index (χ0n) is 5.58. The Morgan fingerprint density at radius 2 is 2.00 bits per heavy atom. The van der Waals surface area contributed by atoms with Crippen LogP contribution in [0.2, 0.25) is 0 Å². The summed E-state index contributed by atoms with van der Waals surface area (Å²) in [6.45, 7) is 2.05. The summed E-state index contributed by atoms with van der Waals surface area (Å²) in [7, 11) is 0. The number of aliphatic hydroxyl groups is 1. The number of aliphatic hydroxyl groups excluding tert-OH is 1. The second-order valence-electron chi connectivity index (χ2n) is 3.14. The van der Waals surface area contributed by atoms with Crippen LogP contribution in [0.25, 0.3) is 0 Å². The van der Waals surface area contributed by atoms with Gasteiger partial charge in [0.15, 0.2) is 6.29 Å². The molecule has 0 aromatic rings. The van der Waals surface area contributed by atoms with Crippen molar-refractivity contribution in [3.63, 3.8) is 0 Å². The predicted octanol–water partition coefficient (Wildman–Crippen LogP) is 0.750. The van der Waals surface area contributed by atoms with E-state index in [0.717, 1.165) is 6.42 Å². The molecule has 2 heteroatoms. The molecule has 9 heavy (non-hydrogen) atoms. The minimum Gasteiger partial charge on any atom is -0.368 e. The first-order valence-corrected chi connectivity index (χ1v) is 3.62. The van der Waals surface area contributed by atoms with Gasteiger partial charge in [-0.1, -0.05) is 0 Å². The van der Waals surface area contributed by atoms with Crippen molar-refractivity contribution in [3.05, 3.63) is 0 Å². The van der Waals surface area contributed by atoms with Gasteiger partial charge in [-0.05, 0) is 25.7 Å². The van der Waals surface area contributed by atoms with Crippen molar-refractivity contribution in [2.75, 3.05) is 0 Å². The largest absolute Gasteiger partial charge is 0.368 e. The van der Waals surface area contributed by atoms with Crippen LogP contribution in [-0.4, -0.2) is 17.5 Å². The maximum atomic E-state index is 9.17. The Bertz CT molecular complexity index is 110. The normalized spacial score (nSPS) is 56.7. The molecule has 0 radical (unpaired) electrons. The van der Waals surface area contributed by atoms with E-state index in [1.807, 2.05) is 6.92 Å². The first kappa shape index (κ1) is 5.69. The number of hydrogen-bond donors (Lipinski definition) is 1. The lowest BCUT2D eigenvalue weighted by Crippen LogP contribution is -2.30. The molecule has 1 N–H and O–H groups in total. The van der Waals surface area contributed by atoms with E-state index in [0.29, 0.717) is 17.9 Å². The standard InChI is InChI=1S/C7H12O2/c1-4-5-2-3-6(5)7(8)9-4/h4-8H,2-3H2,1H3/t4?,5-,6-,7?/m0/s1. The maximum Gasteiger partial charge on any atom is 0.158 e. The van der Waals surface area contributed by atoms with E-state index in [1.165, 1.54) is 6.42 Å². The van der Waals surface area contributed by atoms with Gasteiger partial charge in [0, 0.05) is 5.92 Å². The average Bonchev–Trinajstić information content (AvgIpc) is 1.73. The van der Waals surface area contributed by atoms with E-state index in [9.17, 15) is 0 Å². The average molecular weight is 128 g/mol. The molecule has 1 saturated heterocycles. The molecule has 0 spiro atoms. The third-order valence-electron chi connectivity index (χ3n) is 2.71. The van der Waals surface area contributed by atoms with Gasteiger partial charge >= 0.3 is 0 Å². The lowest BCUT2D eigenvalue weighted by molar-refractivity contribution is -0.104. The van der Waals surface area contributed by atoms with Gasteiger partial charge in [-0.15, -0.1) is 0 Å². The van der Waals surface area contributed by atoms with Crippen LogP contribution in [0.4, 0.5) is 0 Å². The summed E-state index contributed by atoms with van der Waals surface area (Å²) in [6, 6.07) is 0. The number of hydrogen-bond acceptors (Lipinski definition) is 2. The smallest absolute Gasteiger partial charge is 0.158 e. The highest BCUT2D eigenvalue weighted by molar-refractivity contribution is 4.91. The highest BCUT2D eigenvalue weighted by atomic mass is 16.6. The molecule has 0 amide bonds. The van der Waals surface area contributed by atoms with Crippen LogP contribution >= 0.6 is 0 Å². The van der Waals surface area contributed by atoms with Gasteiger partial charge < -0.3 is 9.84 Å². The lowest BCUT2D eigenvalue weighted by Gasteiger charge is -2.30. The van der Waals surface area contributed by atoms with Crippen LogP contribution in [0.1, 0.15) is 19.8 Å². The minimum absolute atomic E-state index is 0.304. The summed E-state index contributed by atoms with van der Waals surface area (Å²) < 4.78 is 5.20. The van der Waals surface area contributed by atoms with Gasteiger partial charge in [-0.25, -0.2) is 0 Å². The van der Waals surface area contributed by atoms with Gasteiger partial charge in [0.25, 0.3) is 0 Å². The molecule has 1 aliphatic heterocycles. The van der Waals surface area contributed by atoms with Crippen LogP contribution in [0, 0.1) is 11.8 Å². The molecule has 1 heterocycles. The second kappa shape index (κ2) is 1.70. The van der Waals surface area contributed by atoms with E-state index in [4.69, 9.17) is 9.84 Å². The summed E-state index contributed by atoms with van der Waals surface area (Å²) in [4.78, 5) is 0. The SMILES string of the molecule is CC1OC(O)[C@H]2CC[C@@H]12. The fourth-order valence-electron chi connectivity index (χ4n) is 1.91. The first-order valence-electron chi connectivity index (χ1n) is 3.62. The van der Waals surface area contributed by atoms with Crippen LogP contribution in [0.3, 0.4) is 0 Å². The lowest BCUT2D eigenvalue weighted by atomic mass is 9.73. The Morgan fingerprint density at radius 1 is 1.33 bits per heavy atom. The zero-order valence-corrected chi connectivity index (χ0v) is 5.58.